The summed E-state index contributed by atoms with van der Waals surface area (Å²) in [5, 5.41) is 0.712. The lowest BCUT2D eigenvalue weighted by Crippen LogP contribution is -2.26. The molecule has 1 aromatic carbocycles. The van der Waals surface area contributed by atoms with Gasteiger partial charge in [-0.15, -0.1) is 0 Å². The number of hydrogen-bond acceptors (Lipinski definition) is 5. The molecule has 0 N–H and O–H groups in total. The molecule has 1 aromatic heterocycles. The Hall–Kier alpha value is -2.01. The van der Waals surface area contributed by atoms with Crippen LogP contribution >= 0.6 is 11.6 Å². The normalized spacial score (nSPS) is 15.0. The molecule has 24 heavy (non-hydrogen) atoms. The van der Waals surface area contributed by atoms with E-state index < -0.39 is 12.1 Å². The molecule has 2 aromatic rings. The summed E-state index contributed by atoms with van der Waals surface area (Å²) in [5.41, 5.74) is 1.14. The zero-order valence-corrected chi connectivity index (χ0v) is 14.4. The highest BCUT2D eigenvalue weighted by Gasteiger charge is 2.21. The maximum Gasteiger partial charge on any atom is 0.347 e. The number of rotatable bonds is 4. The maximum atomic E-state index is 12.7. The third-order valence-corrected chi connectivity index (χ3v) is 4.42. The lowest BCUT2D eigenvalue weighted by atomic mass is 9.96. The number of esters is 1. The number of hydrogen-bond donors (Lipinski definition) is 0. The van der Waals surface area contributed by atoms with Crippen LogP contribution < -0.4 is 10.2 Å². The summed E-state index contributed by atoms with van der Waals surface area (Å²) in [5.74, 6) is 0.544. The van der Waals surface area contributed by atoms with E-state index in [2.05, 4.69) is 0 Å². The SMILES string of the molecule is CCOC(=O)C(C)Oc1cc2c(=O)c3c(oc2cc1Cl)CCCC3. The van der Waals surface area contributed by atoms with Crippen LogP contribution in [0.5, 0.6) is 5.75 Å². The molecular formula is C18H19ClO5. The van der Waals surface area contributed by atoms with Gasteiger partial charge in [0.2, 0.25) is 0 Å². The number of carbonyl (C=O) groups is 1. The minimum atomic E-state index is -0.815. The summed E-state index contributed by atoms with van der Waals surface area (Å²) >= 11 is 6.23. The van der Waals surface area contributed by atoms with Crippen molar-refractivity contribution >= 4 is 28.5 Å². The van der Waals surface area contributed by atoms with E-state index in [1.807, 2.05) is 0 Å². The van der Waals surface area contributed by atoms with Crippen LogP contribution in [-0.4, -0.2) is 18.7 Å². The summed E-state index contributed by atoms with van der Waals surface area (Å²) in [6, 6.07) is 3.12. The fourth-order valence-corrected chi connectivity index (χ4v) is 3.11. The minimum absolute atomic E-state index is 0.0451. The van der Waals surface area contributed by atoms with Crippen LogP contribution in [0.15, 0.2) is 21.3 Å². The number of aryl methyl sites for hydroxylation is 1. The van der Waals surface area contributed by atoms with Crippen molar-refractivity contribution in [3.63, 3.8) is 0 Å². The summed E-state index contributed by atoms with van der Waals surface area (Å²) in [6.45, 7) is 3.57. The maximum absolute atomic E-state index is 12.7. The third-order valence-electron chi connectivity index (χ3n) is 4.13. The molecule has 0 aliphatic heterocycles. The van der Waals surface area contributed by atoms with Crippen LogP contribution in [0.4, 0.5) is 0 Å². The fourth-order valence-electron chi connectivity index (χ4n) is 2.91. The number of benzene rings is 1. The summed E-state index contributed by atoms with van der Waals surface area (Å²) in [7, 11) is 0. The Morgan fingerprint density at radius 1 is 1.33 bits per heavy atom. The molecule has 1 atom stereocenters. The highest BCUT2D eigenvalue weighted by Crippen LogP contribution is 2.32. The summed E-state index contributed by atoms with van der Waals surface area (Å²) in [4.78, 5) is 24.4. The lowest BCUT2D eigenvalue weighted by Gasteiger charge is -2.17. The molecule has 128 valence electrons. The number of fused-ring (bicyclic) bond motifs is 2. The van der Waals surface area contributed by atoms with E-state index in [-0.39, 0.29) is 22.8 Å². The van der Waals surface area contributed by atoms with Crippen molar-refractivity contribution in [2.75, 3.05) is 6.61 Å². The van der Waals surface area contributed by atoms with Crippen LogP contribution in [0.25, 0.3) is 11.0 Å². The van der Waals surface area contributed by atoms with Gasteiger partial charge in [0.25, 0.3) is 0 Å². The van der Waals surface area contributed by atoms with Gasteiger partial charge < -0.3 is 13.9 Å². The smallest absolute Gasteiger partial charge is 0.347 e. The number of halogens is 1. The van der Waals surface area contributed by atoms with Gasteiger partial charge in [0.05, 0.1) is 17.0 Å². The van der Waals surface area contributed by atoms with E-state index in [0.29, 0.717) is 11.0 Å². The molecule has 3 rings (SSSR count). The van der Waals surface area contributed by atoms with E-state index in [4.69, 9.17) is 25.5 Å². The Morgan fingerprint density at radius 3 is 2.83 bits per heavy atom. The van der Waals surface area contributed by atoms with Gasteiger partial charge in [-0.05, 0) is 39.2 Å². The van der Waals surface area contributed by atoms with Crippen molar-refractivity contribution in [1.29, 1.82) is 0 Å². The molecule has 5 nitrogen and oxygen atoms in total. The Bertz CT molecular complexity index is 839. The average Bonchev–Trinajstić information content (AvgIpc) is 2.56. The standard InChI is InChI=1S/C18H19ClO5/c1-3-22-18(21)10(2)23-16-8-12-15(9-13(16)19)24-14-7-5-4-6-11(14)17(12)20/h8-10H,3-7H2,1-2H3. The van der Waals surface area contributed by atoms with E-state index in [0.717, 1.165) is 37.0 Å². The molecule has 0 saturated carbocycles. The Kier molecular flexibility index (Phi) is 4.81. The Morgan fingerprint density at radius 2 is 2.08 bits per heavy atom. The molecule has 6 heteroatoms. The van der Waals surface area contributed by atoms with Crippen molar-refractivity contribution in [3.8, 4) is 5.75 Å². The zero-order chi connectivity index (χ0) is 17.3. The second kappa shape index (κ2) is 6.85. The fraction of sp³-hybridized carbons (Fsp3) is 0.444. The summed E-state index contributed by atoms with van der Waals surface area (Å²) in [6.07, 6.45) is 2.69. The first-order valence-electron chi connectivity index (χ1n) is 8.12. The van der Waals surface area contributed by atoms with E-state index in [1.54, 1.807) is 26.0 Å². The van der Waals surface area contributed by atoms with Crippen molar-refractivity contribution in [2.24, 2.45) is 0 Å². The van der Waals surface area contributed by atoms with Crippen molar-refractivity contribution in [3.05, 3.63) is 38.7 Å². The molecule has 1 unspecified atom stereocenters. The van der Waals surface area contributed by atoms with Crippen LogP contribution in [-0.2, 0) is 22.4 Å². The van der Waals surface area contributed by atoms with E-state index >= 15 is 0 Å². The van der Waals surface area contributed by atoms with Gasteiger partial charge in [0.15, 0.2) is 11.5 Å². The van der Waals surface area contributed by atoms with Gasteiger partial charge >= 0.3 is 5.97 Å². The Labute approximate surface area is 144 Å². The molecule has 0 fully saturated rings. The Balaban J connectivity index is 2.01. The van der Waals surface area contributed by atoms with Crippen molar-refractivity contribution in [1.82, 2.24) is 0 Å². The molecule has 0 bridgehead atoms. The van der Waals surface area contributed by atoms with Gasteiger partial charge in [-0.3, -0.25) is 4.79 Å². The van der Waals surface area contributed by atoms with Gasteiger partial charge in [-0.1, -0.05) is 11.6 Å². The van der Waals surface area contributed by atoms with Gasteiger partial charge in [0.1, 0.15) is 17.1 Å². The molecule has 1 heterocycles. The molecule has 0 amide bonds. The monoisotopic (exact) mass is 350 g/mol. The van der Waals surface area contributed by atoms with Gasteiger partial charge in [-0.25, -0.2) is 4.79 Å². The molecule has 1 aliphatic carbocycles. The second-order valence-electron chi connectivity index (χ2n) is 5.83. The molecule has 0 saturated heterocycles. The largest absolute Gasteiger partial charge is 0.477 e. The van der Waals surface area contributed by atoms with Crippen LogP contribution in [0.3, 0.4) is 0 Å². The van der Waals surface area contributed by atoms with E-state index in [9.17, 15) is 9.59 Å². The van der Waals surface area contributed by atoms with Crippen LogP contribution in [0.1, 0.15) is 38.0 Å². The highest BCUT2D eigenvalue weighted by atomic mass is 35.5. The van der Waals surface area contributed by atoms with Crippen LogP contribution in [0, 0.1) is 0 Å². The minimum Gasteiger partial charge on any atom is -0.477 e. The first kappa shape index (κ1) is 16.8. The number of carbonyl (C=O) groups excluding carboxylic acids is 1. The quantitative estimate of drug-likeness (QED) is 0.787. The number of ether oxygens (including phenoxy) is 2. The molecular weight excluding hydrogens is 332 g/mol. The highest BCUT2D eigenvalue weighted by molar-refractivity contribution is 6.32. The van der Waals surface area contributed by atoms with Crippen molar-refractivity contribution in [2.45, 2.75) is 45.6 Å². The summed E-state index contributed by atoms with van der Waals surface area (Å²) < 4.78 is 16.4. The molecule has 0 spiro atoms. The van der Waals surface area contributed by atoms with Gasteiger partial charge in [-0.2, -0.15) is 0 Å². The molecule has 1 aliphatic rings. The van der Waals surface area contributed by atoms with Gasteiger partial charge in [0, 0.05) is 18.1 Å². The lowest BCUT2D eigenvalue weighted by molar-refractivity contribution is -0.150. The topological polar surface area (TPSA) is 65.7 Å². The second-order valence-corrected chi connectivity index (χ2v) is 6.24. The predicted molar refractivity (Wildman–Crippen MR) is 90.9 cm³/mol. The first-order valence-corrected chi connectivity index (χ1v) is 8.50. The average molecular weight is 351 g/mol. The van der Waals surface area contributed by atoms with E-state index in [1.165, 1.54) is 0 Å². The van der Waals surface area contributed by atoms with Crippen LogP contribution in [0.2, 0.25) is 5.02 Å². The zero-order valence-electron chi connectivity index (χ0n) is 13.7. The first-order chi connectivity index (χ1) is 11.5. The predicted octanol–water partition coefficient (Wildman–Crippen LogP) is 3.66. The van der Waals surface area contributed by atoms with Crippen molar-refractivity contribution < 1.29 is 18.7 Å². The third kappa shape index (κ3) is 3.13. The molecule has 0 radical (unpaired) electrons.